The van der Waals surface area contributed by atoms with Crippen LogP contribution in [0.2, 0.25) is 0 Å². The summed E-state index contributed by atoms with van der Waals surface area (Å²) in [7, 11) is 0. The van der Waals surface area contributed by atoms with Crippen molar-refractivity contribution < 1.29 is 28.2 Å². The molecule has 9 nitrogen and oxygen atoms in total. The van der Waals surface area contributed by atoms with Gasteiger partial charge in [0.15, 0.2) is 0 Å². The lowest BCUT2D eigenvalue weighted by Gasteiger charge is -2.15. The van der Waals surface area contributed by atoms with Gasteiger partial charge in [-0.25, -0.2) is 9.18 Å². The van der Waals surface area contributed by atoms with Gasteiger partial charge in [0.1, 0.15) is 18.5 Å². The Hall–Kier alpha value is -3.66. The average Bonchev–Trinajstić information content (AvgIpc) is 3.17. The molecule has 0 aromatic heterocycles. The Labute approximate surface area is 191 Å². The van der Waals surface area contributed by atoms with Crippen LogP contribution in [-0.4, -0.2) is 56.8 Å². The molecule has 3 rings (SSSR count). The maximum Gasteiger partial charge on any atom is 0.414 e. The van der Waals surface area contributed by atoms with E-state index in [-0.39, 0.29) is 43.7 Å². The van der Waals surface area contributed by atoms with E-state index in [0.29, 0.717) is 18.8 Å². The predicted octanol–water partition coefficient (Wildman–Crippen LogP) is 2.03. The van der Waals surface area contributed by atoms with Gasteiger partial charge in [-0.05, 0) is 23.8 Å². The summed E-state index contributed by atoms with van der Waals surface area (Å²) in [6, 6.07) is 13.9. The maximum absolute atomic E-state index is 14.5. The average molecular weight is 458 g/mol. The van der Waals surface area contributed by atoms with E-state index in [1.54, 1.807) is 6.07 Å². The molecule has 3 amide bonds. The number of carbonyl (C=O) groups is 3. The molecule has 1 saturated heterocycles. The monoisotopic (exact) mass is 458 g/mol. The summed E-state index contributed by atoms with van der Waals surface area (Å²) in [6.45, 7) is 2.67. The minimum Gasteiger partial charge on any atom is -0.442 e. The van der Waals surface area contributed by atoms with Crippen molar-refractivity contribution >= 4 is 29.3 Å². The SMILES string of the molecule is CC(=O)NC[C@H]1CN(c2ccc(NCCNC(=O)COCc3ccccc3)c(F)c2)C(=O)O1. The van der Waals surface area contributed by atoms with E-state index in [2.05, 4.69) is 16.0 Å². The van der Waals surface area contributed by atoms with Gasteiger partial charge in [0, 0.05) is 20.0 Å². The number of benzene rings is 2. The molecule has 0 spiro atoms. The number of halogens is 1. The summed E-state index contributed by atoms with van der Waals surface area (Å²) >= 11 is 0. The van der Waals surface area contributed by atoms with Crippen LogP contribution in [0.1, 0.15) is 12.5 Å². The molecule has 0 bridgehead atoms. The lowest BCUT2D eigenvalue weighted by atomic mass is 10.2. The van der Waals surface area contributed by atoms with Gasteiger partial charge < -0.3 is 25.4 Å². The standard InChI is InChI=1S/C23H27FN4O5/c1-16(29)27-12-19-13-28(23(31)33-19)18-7-8-21(20(24)11-18)25-9-10-26-22(30)15-32-14-17-5-3-2-4-6-17/h2-8,11,19,25H,9-10,12-15H2,1H3,(H,26,30)(H,27,29)/t19-/m0/s1. The predicted molar refractivity (Wildman–Crippen MR) is 120 cm³/mol. The van der Waals surface area contributed by atoms with Gasteiger partial charge in [-0.2, -0.15) is 0 Å². The molecule has 0 aliphatic carbocycles. The third-order valence-electron chi connectivity index (χ3n) is 4.82. The molecule has 1 atom stereocenters. The number of cyclic esters (lactones) is 1. The zero-order valence-electron chi connectivity index (χ0n) is 18.3. The van der Waals surface area contributed by atoms with Crippen molar-refractivity contribution in [3.63, 3.8) is 0 Å². The van der Waals surface area contributed by atoms with E-state index in [9.17, 15) is 18.8 Å². The first kappa shape index (κ1) is 24.0. The Morgan fingerprint density at radius 1 is 1.15 bits per heavy atom. The highest BCUT2D eigenvalue weighted by atomic mass is 19.1. The van der Waals surface area contributed by atoms with Gasteiger partial charge in [-0.3, -0.25) is 14.5 Å². The van der Waals surface area contributed by atoms with Crippen molar-refractivity contribution in [3.05, 3.63) is 59.9 Å². The second-order valence-electron chi connectivity index (χ2n) is 7.47. The Balaban J connectivity index is 1.38. The largest absolute Gasteiger partial charge is 0.442 e. The van der Waals surface area contributed by atoms with Crippen LogP contribution >= 0.6 is 0 Å². The Morgan fingerprint density at radius 3 is 2.67 bits per heavy atom. The second kappa shape index (κ2) is 11.8. The molecule has 1 fully saturated rings. The van der Waals surface area contributed by atoms with Crippen molar-refractivity contribution in [3.8, 4) is 0 Å². The summed E-state index contributed by atoms with van der Waals surface area (Å²) in [5, 5.41) is 8.20. The molecule has 2 aromatic carbocycles. The highest BCUT2D eigenvalue weighted by molar-refractivity contribution is 5.90. The van der Waals surface area contributed by atoms with Crippen LogP contribution in [0.4, 0.5) is 20.6 Å². The molecule has 0 saturated carbocycles. The smallest absolute Gasteiger partial charge is 0.414 e. The summed E-state index contributed by atoms with van der Waals surface area (Å²) in [6.07, 6.45) is -1.09. The van der Waals surface area contributed by atoms with Gasteiger partial charge >= 0.3 is 6.09 Å². The molecular weight excluding hydrogens is 431 g/mol. The molecule has 176 valence electrons. The maximum atomic E-state index is 14.5. The second-order valence-corrected chi connectivity index (χ2v) is 7.47. The number of carbonyl (C=O) groups excluding carboxylic acids is 3. The fourth-order valence-electron chi connectivity index (χ4n) is 3.20. The Bertz CT molecular complexity index is 973. The first-order chi connectivity index (χ1) is 15.9. The summed E-state index contributed by atoms with van der Waals surface area (Å²) in [5.41, 5.74) is 1.59. The molecule has 1 aliphatic heterocycles. The molecule has 3 N–H and O–H groups in total. The van der Waals surface area contributed by atoms with E-state index in [1.165, 1.54) is 24.0 Å². The highest BCUT2D eigenvalue weighted by Gasteiger charge is 2.32. The number of nitrogens with one attached hydrogen (secondary N) is 3. The first-order valence-electron chi connectivity index (χ1n) is 10.6. The van der Waals surface area contributed by atoms with Gasteiger partial charge in [-0.1, -0.05) is 30.3 Å². The third-order valence-corrected chi connectivity index (χ3v) is 4.82. The molecule has 0 unspecified atom stereocenters. The molecule has 1 aliphatic rings. The molecule has 1 heterocycles. The van der Waals surface area contributed by atoms with Crippen LogP contribution in [0.15, 0.2) is 48.5 Å². The topological polar surface area (TPSA) is 109 Å². The number of rotatable bonds is 11. The third kappa shape index (κ3) is 7.46. The number of ether oxygens (including phenoxy) is 2. The van der Waals surface area contributed by atoms with Gasteiger partial charge in [0.2, 0.25) is 11.8 Å². The van der Waals surface area contributed by atoms with Gasteiger partial charge in [0.25, 0.3) is 0 Å². The van der Waals surface area contributed by atoms with Gasteiger partial charge in [0.05, 0.1) is 31.1 Å². The molecular formula is C23H27FN4O5. The Kier molecular flexibility index (Phi) is 8.59. The zero-order chi connectivity index (χ0) is 23.6. The number of hydrogen-bond donors (Lipinski definition) is 3. The molecule has 33 heavy (non-hydrogen) atoms. The molecule has 10 heteroatoms. The minimum absolute atomic E-state index is 0.0627. The summed E-state index contributed by atoms with van der Waals surface area (Å²) in [5.74, 6) is -1.02. The van der Waals surface area contributed by atoms with Crippen LogP contribution < -0.4 is 20.9 Å². The van der Waals surface area contributed by atoms with Crippen molar-refractivity contribution in [2.24, 2.45) is 0 Å². The fourth-order valence-corrected chi connectivity index (χ4v) is 3.20. The van der Waals surface area contributed by atoms with E-state index >= 15 is 0 Å². The number of amides is 3. The van der Waals surface area contributed by atoms with E-state index in [1.807, 2.05) is 30.3 Å². The summed E-state index contributed by atoms with van der Waals surface area (Å²) < 4.78 is 25.0. The van der Waals surface area contributed by atoms with Gasteiger partial charge in [-0.15, -0.1) is 0 Å². The number of anilines is 2. The van der Waals surface area contributed by atoms with E-state index < -0.39 is 18.0 Å². The van der Waals surface area contributed by atoms with E-state index in [0.717, 1.165) is 5.56 Å². The number of hydrogen-bond acceptors (Lipinski definition) is 6. The minimum atomic E-state index is -0.595. The summed E-state index contributed by atoms with van der Waals surface area (Å²) in [4.78, 5) is 36.2. The lowest BCUT2D eigenvalue weighted by molar-refractivity contribution is -0.126. The zero-order valence-corrected chi connectivity index (χ0v) is 18.3. The van der Waals surface area contributed by atoms with Crippen LogP contribution in [-0.2, 0) is 25.7 Å². The van der Waals surface area contributed by atoms with Crippen molar-refractivity contribution in [1.29, 1.82) is 0 Å². The van der Waals surface area contributed by atoms with Crippen molar-refractivity contribution in [1.82, 2.24) is 10.6 Å². The highest BCUT2D eigenvalue weighted by Crippen LogP contribution is 2.25. The van der Waals surface area contributed by atoms with Crippen LogP contribution in [0.25, 0.3) is 0 Å². The first-order valence-corrected chi connectivity index (χ1v) is 10.6. The van der Waals surface area contributed by atoms with E-state index in [4.69, 9.17) is 9.47 Å². The fraction of sp³-hybridized carbons (Fsp3) is 0.348. The Morgan fingerprint density at radius 2 is 1.94 bits per heavy atom. The normalized spacial score (nSPS) is 15.2. The number of nitrogens with zero attached hydrogens (tertiary/aromatic N) is 1. The van der Waals surface area contributed by atoms with Crippen LogP contribution in [0.3, 0.4) is 0 Å². The van der Waals surface area contributed by atoms with Crippen molar-refractivity contribution in [2.75, 3.05) is 43.0 Å². The quantitative estimate of drug-likeness (QED) is 0.445. The molecule has 2 aromatic rings. The molecule has 0 radical (unpaired) electrons. The van der Waals surface area contributed by atoms with Crippen molar-refractivity contribution in [2.45, 2.75) is 19.6 Å². The van der Waals surface area contributed by atoms with Crippen LogP contribution in [0, 0.1) is 5.82 Å². The lowest BCUT2D eigenvalue weighted by Crippen LogP contribution is -2.33. The van der Waals surface area contributed by atoms with Crippen LogP contribution in [0.5, 0.6) is 0 Å².